The number of benzene rings is 2. The van der Waals surface area contributed by atoms with Crippen molar-refractivity contribution in [1.29, 1.82) is 0 Å². The number of hydrogen-bond donors (Lipinski definition) is 0. The van der Waals surface area contributed by atoms with Gasteiger partial charge in [0.1, 0.15) is 0 Å². The Kier molecular flexibility index (Phi) is 6.52. The van der Waals surface area contributed by atoms with Gasteiger partial charge in [0.15, 0.2) is 0 Å². The van der Waals surface area contributed by atoms with Crippen LogP contribution in [0.4, 0.5) is 0 Å². The van der Waals surface area contributed by atoms with E-state index >= 15 is 0 Å². The maximum absolute atomic E-state index is 5.72. The predicted octanol–water partition coefficient (Wildman–Crippen LogP) is 3.44. The third-order valence-corrected chi connectivity index (χ3v) is 4.46. The lowest BCUT2D eigenvalue weighted by molar-refractivity contribution is 0.0234. The Balaban J connectivity index is 1.78. The minimum absolute atomic E-state index is 0.559. The zero-order chi connectivity index (χ0) is 19.1. The molecule has 3 aromatic rings. The van der Waals surface area contributed by atoms with Gasteiger partial charge in [-0.3, -0.25) is 0 Å². The van der Waals surface area contributed by atoms with E-state index in [-0.39, 0.29) is 0 Å². The van der Waals surface area contributed by atoms with Crippen molar-refractivity contribution in [2.75, 3.05) is 40.1 Å². The van der Waals surface area contributed by atoms with Gasteiger partial charge < -0.3 is 18.8 Å². The van der Waals surface area contributed by atoms with Crippen molar-refractivity contribution in [3.8, 4) is 24.7 Å². The van der Waals surface area contributed by atoms with E-state index in [1.807, 2.05) is 24.3 Å². The minimum Gasteiger partial charge on any atom is -0.382 e. The van der Waals surface area contributed by atoms with Crippen molar-refractivity contribution in [3.63, 3.8) is 0 Å². The molecule has 0 saturated carbocycles. The summed E-state index contributed by atoms with van der Waals surface area (Å²) in [7, 11) is 1.66. The van der Waals surface area contributed by atoms with Crippen LogP contribution >= 0.6 is 0 Å². The molecule has 0 radical (unpaired) electrons. The number of nitrogens with zero attached hydrogens (tertiary/aromatic N) is 1. The maximum atomic E-state index is 5.72. The van der Waals surface area contributed by atoms with Gasteiger partial charge in [0.2, 0.25) is 0 Å². The van der Waals surface area contributed by atoms with E-state index in [1.165, 1.54) is 0 Å². The van der Waals surface area contributed by atoms with Crippen molar-refractivity contribution < 1.29 is 14.2 Å². The molecule has 0 saturated heterocycles. The van der Waals surface area contributed by atoms with Crippen LogP contribution in [-0.2, 0) is 20.8 Å². The lowest BCUT2D eigenvalue weighted by Crippen LogP contribution is -2.11. The Hall–Kier alpha value is -2.76. The van der Waals surface area contributed by atoms with E-state index in [0.717, 1.165) is 39.5 Å². The Labute approximate surface area is 160 Å². The van der Waals surface area contributed by atoms with Crippen molar-refractivity contribution in [3.05, 3.63) is 47.5 Å². The molecule has 27 heavy (non-hydrogen) atoms. The molecule has 0 aliphatic heterocycles. The molecular formula is C23H23NO3. The first kappa shape index (κ1) is 19.0. The molecule has 0 aliphatic rings. The summed E-state index contributed by atoms with van der Waals surface area (Å²) in [5.74, 6) is 5.41. The van der Waals surface area contributed by atoms with Gasteiger partial charge in [-0.25, -0.2) is 0 Å². The summed E-state index contributed by atoms with van der Waals surface area (Å²) in [6.07, 6.45) is 11.2. The lowest BCUT2D eigenvalue weighted by atomic mass is 10.1. The molecule has 0 N–H and O–H groups in total. The van der Waals surface area contributed by atoms with Crippen LogP contribution in [0.2, 0.25) is 0 Å². The molecule has 2 aromatic carbocycles. The maximum Gasteiger partial charge on any atom is 0.0701 e. The van der Waals surface area contributed by atoms with Gasteiger partial charge in [-0.1, -0.05) is 11.8 Å². The van der Waals surface area contributed by atoms with Gasteiger partial charge in [-0.15, -0.1) is 12.8 Å². The van der Waals surface area contributed by atoms with Crippen LogP contribution in [0, 0.1) is 24.7 Å². The van der Waals surface area contributed by atoms with Crippen LogP contribution in [0.1, 0.15) is 11.1 Å². The number of aromatic nitrogens is 1. The fraction of sp³-hybridized carbons (Fsp3) is 0.304. The predicted molar refractivity (Wildman–Crippen MR) is 109 cm³/mol. The van der Waals surface area contributed by atoms with Crippen LogP contribution in [-0.4, -0.2) is 44.7 Å². The second-order valence-electron chi connectivity index (χ2n) is 6.12. The van der Waals surface area contributed by atoms with Gasteiger partial charge in [-0.05, 0) is 36.4 Å². The first-order valence-electron chi connectivity index (χ1n) is 8.92. The first-order valence-corrected chi connectivity index (χ1v) is 8.92. The van der Waals surface area contributed by atoms with Crippen LogP contribution in [0.5, 0.6) is 0 Å². The fourth-order valence-electron chi connectivity index (χ4n) is 3.14. The van der Waals surface area contributed by atoms with Crippen molar-refractivity contribution in [2.24, 2.45) is 0 Å². The van der Waals surface area contributed by atoms with Gasteiger partial charge in [0, 0.05) is 46.6 Å². The molecular weight excluding hydrogens is 338 g/mol. The smallest absolute Gasteiger partial charge is 0.0701 e. The highest BCUT2D eigenvalue weighted by Gasteiger charge is 2.11. The molecule has 0 atom stereocenters. The van der Waals surface area contributed by atoms with Gasteiger partial charge in [0.25, 0.3) is 0 Å². The van der Waals surface area contributed by atoms with Crippen molar-refractivity contribution in [1.82, 2.24) is 4.57 Å². The zero-order valence-electron chi connectivity index (χ0n) is 15.5. The van der Waals surface area contributed by atoms with Gasteiger partial charge in [-0.2, -0.15) is 0 Å². The van der Waals surface area contributed by atoms with Crippen LogP contribution in [0.3, 0.4) is 0 Å². The number of fused-ring (bicyclic) bond motifs is 3. The minimum atomic E-state index is 0.559. The van der Waals surface area contributed by atoms with Crippen LogP contribution < -0.4 is 0 Å². The van der Waals surface area contributed by atoms with Crippen LogP contribution in [0.25, 0.3) is 21.8 Å². The van der Waals surface area contributed by atoms with E-state index in [2.05, 4.69) is 28.5 Å². The summed E-state index contributed by atoms with van der Waals surface area (Å²) in [6, 6.07) is 12.1. The molecule has 1 aromatic heterocycles. The summed E-state index contributed by atoms with van der Waals surface area (Å²) in [5.41, 5.74) is 3.96. The standard InChI is InChI=1S/C23H23NO3/c1-4-18-6-8-22-20(16-18)21-17-19(5-2)7-9-23(21)24(22)10-11-26-14-15-27-13-12-25-3/h1-2,6-9,16-17H,10-15H2,3H3. The summed E-state index contributed by atoms with van der Waals surface area (Å²) in [6.45, 7) is 3.64. The second-order valence-corrected chi connectivity index (χ2v) is 6.12. The normalized spacial score (nSPS) is 10.9. The van der Waals surface area contributed by atoms with Gasteiger partial charge in [0.05, 0.1) is 33.0 Å². The number of hydrogen-bond acceptors (Lipinski definition) is 3. The highest BCUT2D eigenvalue weighted by Crippen LogP contribution is 2.30. The molecule has 0 bridgehead atoms. The Bertz CT molecular complexity index is 933. The highest BCUT2D eigenvalue weighted by atomic mass is 16.5. The molecule has 0 amide bonds. The number of terminal acetylenes is 2. The highest BCUT2D eigenvalue weighted by molar-refractivity contribution is 6.08. The summed E-state index contributed by atoms with van der Waals surface area (Å²) >= 11 is 0. The average Bonchev–Trinajstić information content (AvgIpc) is 3.02. The van der Waals surface area contributed by atoms with Crippen LogP contribution in [0.15, 0.2) is 36.4 Å². The number of methoxy groups -OCH3 is 1. The molecule has 138 valence electrons. The van der Waals surface area contributed by atoms with E-state index in [9.17, 15) is 0 Å². The average molecular weight is 361 g/mol. The van der Waals surface area contributed by atoms with Crippen molar-refractivity contribution in [2.45, 2.75) is 6.54 Å². The molecule has 1 heterocycles. The third kappa shape index (κ3) is 4.32. The third-order valence-electron chi connectivity index (χ3n) is 4.46. The molecule has 0 unspecified atom stereocenters. The molecule has 0 fully saturated rings. The largest absolute Gasteiger partial charge is 0.382 e. The molecule has 4 nitrogen and oxygen atoms in total. The quantitative estimate of drug-likeness (QED) is 0.432. The Morgan fingerprint density at radius 2 is 1.30 bits per heavy atom. The SMILES string of the molecule is C#Cc1ccc2c(c1)c1cc(C#C)ccc1n2CCOCCOCCOC. The molecule has 0 aliphatic carbocycles. The first-order chi connectivity index (χ1) is 13.3. The number of rotatable bonds is 9. The Morgan fingerprint density at radius 3 is 1.81 bits per heavy atom. The van der Waals surface area contributed by atoms with E-state index in [0.29, 0.717) is 33.0 Å². The monoisotopic (exact) mass is 361 g/mol. The summed E-state index contributed by atoms with van der Waals surface area (Å²) in [5, 5.41) is 2.22. The lowest BCUT2D eigenvalue weighted by Gasteiger charge is -2.09. The topological polar surface area (TPSA) is 32.6 Å². The summed E-state index contributed by atoms with van der Waals surface area (Å²) < 4.78 is 18.3. The summed E-state index contributed by atoms with van der Waals surface area (Å²) in [4.78, 5) is 0. The molecule has 3 rings (SSSR count). The van der Waals surface area contributed by atoms with E-state index in [4.69, 9.17) is 27.1 Å². The van der Waals surface area contributed by atoms with E-state index < -0.39 is 0 Å². The Morgan fingerprint density at radius 1 is 0.778 bits per heavy atom. The fourth-order valence-corrected chi connectivity index (χ4v) is 3.14. The van der Waals surface area contributed by atoms with Crippen molar-refractivity contribution >= 4 is 21.8 Å². The van der Waals surface area contributed by atoms with E-state index in [1.54, 1.807) is 7.11 Å². The zero-order valence-corrected chi connectivity index (χ0v) is 15.5. The number of ether oxygens (including phenoxy) is 3. The second kappa shape index (κ2) is 9.26. The van der Waals surface area contributed by atoms with Gasteiger partial charge >= 0.3 is 0 Å². The molecule has 0 spiro atoms. The molecule has 4 heteroatoms.